The summed E-state index contributed by atoms with van der Waals surface area (Å²) in [5.41, 5.74) is -3.61. The summed E-state index contributed by atoms with van der Waals surface area (Å²) in [5, 5.41) is 3.57. The molecule has 108 heavy (non-hydrogen) atoms. The van der Waals surface area contributed by atoms with Crippen molar-refractivity contribution in [1.29, 1.82) is 0 Å². The van der Waals surface area contributed by atoms with Crippen molar-refractivity contribution in [2.24, 2.45) is 5.92 Å². The molecule has 9 rings (SSSR count). The van der Waals surface area contributed by atoms with Gasteiger partial charge in [-0.1, -0.05) is 114 Å². The van der Waals surface area contributed by atoms with Crippen molar-refractivity contribution in [2.45, 2.75) is 290 Å². The molecule has 26 nitrogen and oxygen atoms in total. The zero-order chi connectivity index (χ0) is 79.9. The van der Waals surface area contributed by atoms with Gasteiger partial charge in [0.15, 0.2) is 45.6 Å². The highest BCUT2D eigenvalue weighted by Crippen LogP contribution is 2.48. The molecule has 9 atom stereocenters. The Bertz CT molecular complexity index is 4170. The maximum atomic E-state index is 15.3. The predicted molar refractivity (Wildman–Crippen MR) is 415 cm³/mol. The molecule has 6 heterocycles. The molecule has 3 aromatic heterocycles. The van der Waals surface area contributed by atoms with E-state index in [0.29, 0.717) is 27.6 Å². The number of nitrogens with zero attached hydrogens (tertiary/aromatic N) is 7. The number of methoxy groups -OCH3 is 1. The van der Waals surface area contributed by atoms with Crippen LogP contribution in [-0.2, 0) is 63.6 Å². The lowest BCUT2D eigenvalue weighted by atomic mass is 9.77. The number of rotatable bonds is 24. The average molecular weight is 1530 g/mol. The lowest BCUT2D eigenvalue weighted by molar-refractivity contribution is -0.198. The minimum absolute atomic E-state index is 0.00133. The van der Waals surface area contributed by atoms with Crippen molar-refractivity contribution in [3.63, 3.8) is 0 Å². The SMILES string of the molecule is COc1ccc(C(Nc2ncnc3c2ncn3[C@@H]2O[C@H](CC(CCC(C(=O)OC(C)(C)C)N(C(=O)OC(C)(C)C)C(=O)OC(C)(C)C)CN(Cc3cn([C@H]4C[C@H](O[Si](C)(C)C(C)(C)C)[C@@H](CO[Si](C)(C)C(C)(C)C)O4)c(=O)[nH]c3=O)C(=O)OC(C)(C)C)[C@H]3OC(C)(C)O[C@H]32)(c2ccccc2)c2ccccc2)cc1. The summed E-state index contributed by atoms with van der Waals surface area (Å²) in [5.74, 6) is -1.86. The number of carbonyl (C=O) groups is 4. The number of carbonyl (C=O) groups excluding carboxylic acids is 4. The largest absolute Gasteiger partial charge is 0.497 e. The third-order valence-corrected chi connectivity index (χ3v) is 29.3. The van der Waals surface area contributed by atoms with Crippen molar-refractivity contribution in [3.8, 4) is 5.75 Å². The molecule has 0 radical (unpaired) electrons. The summed E-state index contributed by atoms with van der Waals surface area (Å²) >= 11 is 0. The van der Waals surface area contributed by atoms with Crippen LogP contribution in [0.4, 0.5) is 20.2 Å². The molecular formula is C80H117N9O17Si2. The highest BCUT2D eigenvalue weighted by Gasteiger charge is 2.57. The zero-order valence-electron chi connectivity index (χ0n) is 68.0. The van der Waals surface area contributed by atoms with E-state index in [1.807, 2.05) is 60.7 Å². The number of aromatic amines is 1. The van der Waals surface area contributed by atoms with Crippen LogP contribution < -0.4 is 21.3 Å². The number of imide groups is 1. The monoisotopic (exact) mass is 1530 g/mol. The summed E-state index contributed by atoms with van der Waals surface area (Å²) in [6.07, 6.45) is -4.29. The molecule has 3 saturated heterocycles. The number of anilines is 1. The number of amides is 3. The first-order valence-electron chi connectivity index (χ1n) is 37.4. The van der Waals surface area contributed by atoms with Crippen LogP contribution in [0, 0.1) is 5.92 Å². The van der Waals surface area contributed by atoms with Gasteiger partial charge >= 0.3 is 29.9 Å². The Morgan fingerprint density at radius 2 is 1.19 bits per heavy atom. The second-order valence-electron chi connectivity index (χ2n) is 36.1. The van der Waals surface area contributed by atoms with Crippen molar-refractivity contribution in [2.75, 3.05) is 25.6 Å². The molecule has 0 bridgehead atoms. The smallest absolute Gasteiger partial charge is 0.420 e. The number of esters is 1. The number of H-pyrrole nitrogens is 1. The second kappa shape index (κ2) is 31.9. The minimum Gasteiger partial charge on any atom is -0.497 e. The first-order valence-corrected chi connectivity index (χ1v) is 43.2. The Labute approximate surface area is 638 Å². The van der Waals surface area contributed by atoms with E-state index < -0.39 is 147 Å². The van der Waals surface area contributed by atoms with Crippen molar-refractivity contribution >= 4 is 57.9 Å². The van der Waals surface area contributed by atoms with Crippen LogP contribution in [0.5, 0.6) is 5.75 Å². The van der Waals surface area contributed by atoms with E-state index in [9.17, 15) is 19.2 Å². The number of ether oxygens (including phenoxy) is 9. The number of imidazole rings is 1. The van der Waals surface area contributed by atoms with Gasteiger partial charge in [-0.15, -0.1) is 0 Å². The van der Waals surface area contributed by atoms with Crippen molar-refractivity contribution in [1.82, 2.24) is 38.9 Å². The zero-order valence-corrected chi connectivity index (χ0v) is 70.0. The molecule has 3 amide bonds. The topological polar surface area (TPSA) is 287 Å². The van der Waals surface area contributed by atoms with Gasteiger partial charge in [0, 0.05) is 19.2 Å². The summed E-state index contributed by atoms with van der Waals surface area (Å²) in [6.45, 7) is 44.6. The van der Waals surface area contributed by atoms with Gasteiger partial charge in [0.2, 0.25) is 0 Å². The molecule has 3 aliphatic heterocycles. The van der Waals surface area contributed by atoms with Crippen LogP contribution in [-0.4, -0.2) is 165 Å². The fraction of sp³-hybridized carbons (Fsp3) is 0.613. The van der Waals surface area contributed by atoms with Gasteiger partial charge in [-0.2, -0.15) is 4.90 Å². The predicted octanol–water partition coefficient (Wildman–Crippen LogP) is 15.3. The van der Waals surface area contributed by atoms with Gasteiger partial charge < -0.3 is 61.7 Å². The molecule has 3 aliphatic rings. The van der Waals surface area contributed by atoms with Crippen molar-refractivity contribution in [3.05, 3.63) is 147 Å². The Balaban J connectivity index is 1.15. The number of fused-ring (bicyclic) bond motifs is 2. The third-order valence-electron chi connectivity index (χ3n) is 20.3. The molecule has 2 N–H and O–H groups in total. The Hall–Kier alpha value is -7.84. The van der Waals surface area contributed by atoms with Gasteiger partial charge in [-0.3, -0.25) is 18.9 Å². The fourth-order valence-corrected chi connectivity index (χ4v) is 15.5. The van der Waals surface area contributed by atoms with E-state index in [-0.39, 0.29) is 54.5 Å². The quantitative estimate of drug-likeness (QED) is 0.0246. The van der Waals surface area contributed by atoms with E-state index >= 15 is 9.59 Å². The van der Waals surface area contributed by atoms with Crippen LogP contribution in [0.1, 0.15) is 199 Å². The lowest BCUT2D eigenvalue weighted by Crippen LogP contribution is -2.53. The first-order chi connectivity index (χ1) is 49.9. The van der Waals surface area contributed by atoms with Crippen LogP contribution in [0.25, 0.3) is 11.2 Å². The summed E-state index contributed by atoms with van der Waals surface area (Å²) in [4.78, 5) is 108. The first kappa shape index (κ1) is 84.2. The molecule has 592 valence electrons. The van der Waals surface area contributed by atoms with E-state index in [2.05, 4.69) is 102 Å². The van der Waals surface area contributed by atoms with E-state index in [1.165, 1.54) is 22.0 Å². The molecule has 0 saturated carbocycles. The van der Waals surface area contributed by atoms with Crippen LogP contribution in [0.2, 0.25) is 36.3 Å². The van der Waals surface area contributed by atoms with Gasteiger partial charge in [0.05, 0.1) is 44.4 Å². The molecule has 28 heteroatoms. The molecule has 0 spiro atoms. The van der Waals surface area contributed by atoms with E-state index in [4.69, 9.17) is 66.4 Å². The van der Waals surface area contributed by atoms with E-state index in [1.54, 1.807) is 115 Å². The lowest BCUT2D eigenvalue weighted by Gasteiger charge is -2.40. The minimum atomic E-state index is -2.46. The summed E-state index contributed by atoms with van der Waals surface area (Å²) < 4.78 is 74.4. The number of nitrogens with one attached hydrogen (secondary N) is 2. The highest BCUT2D eigenvalue weighted by atomic mass is 28.4. The molecule has 3 aromatic carbocycles. The van der Waals surface area contributed by atoms with Crippen LogP contribution in [0.15, 0.2) is 113 Å². The highest BCUT2D eigenvalue weighted by molar-refractivity contribution is 6.74. The standard InChI is InChI=1S/C80H117N9O17Si2/c1-73(2,3)102-68(91)56(89(71(94)104-75(7,8)9)72(95)105-76(10,11)12)41-36-50(44-86(70(93)103-74(4,5)6)45-51-46-87(69(92)84-66(51)90)60-43-57(106-108(24,25)78(16,17)18)59(98-60)47-97-107(22,23)77(13,14)15)42-58-62-63(101-79(19,20)100-62)67(99-58)88-49-83-61-64(81-48-82-65(61)88)85-80(52-32-28-26-29-33-52,53-34-30-27-31-35-53)54-37-39-55(96-21)40-38-54/h26-35,37-40,46,48-50,56-60,62-63,67H,36,41-45,47H2,1-25H3,(H,81,82,85)(H,84,90,92)/t50?,56?,57-,58+,59+,60+,62+,63+,67+/m0/s1. The van der Waals surface area contributed by atoms with Crippen molar-refractivity contribution < 1.29 is 70.7 Å². The Morgan fingerprint density at radius 1 is 0.648 bits per heavy atom. The number of benzene rings is 3. The van der Waals surface area contributed by atoms with Crippen LogP contribution >= 0.6 is 0 Å². The number of aromatic nitrogens is 6. The van der Waals surface area contributed by atoms with E-state index in [0.717, 1.165) is 16.7 Å². The fourth-order valence-electron chi connectivity index (χ4n) is 13.1. The molecule has 6 aromatic rings. The summed E-state index contributed by atoms with van der Waals surface area (Å²) in [7, 11) is -3.17. The van der Waals surface area contributed by atoms with Gasteiger partial charge in [-0.25, -0.2) is 38.9 Å². The molecular weight excluding hydrogens is 1420 g/mol. The molecule has 2 unspecified atom stereocenters. The second-order valence-corrected chi connectivity index (χ2v) is 45.7. The number of hydrogen-bond donors (Lipinski definition) is 2. The molecule has 0 aliphatic carbocycles. The maximum Gasteiger partial charge on any atom is 0.420 e. The molecule has 3 fully saturated rings. The third kappa shape index (κ3) is 20.2. The van der Waals surface area contributed by atoms with Gasteiger partial charge in [-0.05, 0) is 187 Å². The average Bonchev–Trinajstić information content (AvgIpc) is 1.67. The van der Waals surface area contributed by atoms with Crippen LogP contribution in [0.3, 0.4) is 0 Å². The van der Waals surface area contributed by atoms with Gasteiger partial charge in [0.25, 0.3) is 5.56 Å². The normalized spacial score (nSPS) is 20.7. The summed E-state index contributed by atoms with van der Waals surface area (Å²) in [6, 6.07) is 26.2. The number of hydrogen-bond acceptors (Lipinski definition) is 21. The van der Waals surface area contributed by atoms with Gasteiger partial charge in [0.1, 0.15) is 70.6 Å². The Morgan fingerprint density at radius 3 is 1.72 bits per heavy atom. The Kier molecular flexibility index (Phi) is 24.8. The maximum absolute atomic E-state index is 15.3.